The second-order valence-corrected chi connectivity index (χ2v) is 4.79. The predicted octanol–water partition coefficient (Wildman–Crippen LogP) is 2.80. The highest BCUT2D eigenvalue weighted by Gasteiger charge is 2.07. The smallest absolute Gasteiger partial charge is 0.179 e. The lowest BCUT2D eigenvalue weighted by molar-refractivity contribution is 0.188. The van der Waals surface area contributed by atoms with Gasteiger partial charge < -0.3 is 9.72 Å². The maximum Gasteiger partial charge on any atom is 0.179 e. The van der Waals surface area contributed by atoms with Gasteiger partial charge in [0.15, 0.2) is 10.4 Å². The van der Waals surface area contributed by atoms with E-state index in [1.54, 1.807) is 19.5 Å². The summed E-state index contributed by atoms with van der Waals surface area (Å²) in [5.74, 6) is 0. The van der Waals surface area contributed by atoms with Gasteiger partial charge >= 0.3 is 0 Å². The number of H-pyrrole nitrogens is 1. The highest BCUT2D eigenvalue weighted by Crippen LogP contribution is 2.21. The molecule has 1 N–H and O–H groups in total. The zero-order valence-corrected chi connectivity index (χ0v) is 11.9. The maximum atomic E-state index is 5.33. The molecule has 3 rings (SSSR count). The van der Waals surface area contributed by atoms with Gasteiger partial charge in [-0.05, 0) is 36.0 Å². The van der Waals surface area contributed by atoms with Crippen molar-refractivity contribution in [1.29, 1.82) is 0 Å². The van der Waals surface area contributed by atoms with Crippen molar-refractivity contribution in [3.63, 3.8) is 0 Å². The first kappa shape index (κ1) is 13.0. The predicted molar refractivity (Wildman–Crippen MR) is 80.0 cm³/mol. The normalized spacial score (nSPS) is 11.1. The van der Waals surface area contributed by atoms with Crippen LogP contribution < -0.4 is 0 Å². The van der Waals surface area contributed by atoms with Crippen LogP contribution in [0.2, 0.25) is 0 Å². The summed E-state index contributed by atoms with van der Waals surface area (Å²) in [6.45, 7) is 1.30. The molecule has 0 bridgehead atoms. The molecule has 3 aromatic rings. The summed E-state index contributed by atoms with van der Waals surface area (Å²) in [6.07, 6.45) is 5.39. The average Bonchev–Trinajstić information content (AvgIpc) is 2.80. The van der Waals surface area contributed by atoms with Gasteiger partial charge in [-0.2, -0.15) is 0 Å². The molecule has 0 aliphatic carbocycles. The first-order valence-corrected chi connectivity index (χ1v) is 6.68. The molecule has 5 nitrogen and oxygen atoms in total. The lowest BCUT2D eigenvalue weighted by Crippen LogP contribution is -2.04. The fourth-order valence-corrected chi connectivity index (χ4v) is 2.42. The largest absolute Gasteiger partial charge is 0.383 e. The Hall–Kier alpha value is -2.05. The van der Waals surface area contributed by atoms with Crippen molar-refractivity contribution in [2.24, 2.45) is 0 Å². The van der Waals surface area contributed by atoms with Crippen molar-refractivity contribution in [3.8, 4) is 11.1 Å². The van der Waals surface area contributed by atoms with Crippen molar-refractivity contribution in [2.75, 3.05) is 13.7 Å². The molecule has 0 atom stereocenters. The van der Waals surface area contributed by atoms with Gasteiger partial charge in [0.2, 0.25) is 0 Å². The Morgan fingerprint density at radius 1 is 1.30 bits per heavy atom. The lowest BCUT2D eigenvalue weighted by Gasteiger charge is -2.04. The van der Waals surface area contributed by atoms with Gasteiger partial charge in [0.25, 0.3) is 0 Å². The van der Waals surface area contributed by atoms with Gasteiger partial charge in [0.05, 0.1) is 18.7 Å². The van der Waals surface area contributed by atoms with Crippen LogP contribution in [0.5, 0.6) is 0 Å². The monoisotopic (exact) mass is 286 g/mol. The van der Waals surface area contributed by atoms with Crippen LogP contribution in [0, 0.1) is 4.77 Å². The zero-order chi connectivity index (χ0) is 13.9. The molecule has 3 aromatic heterocycles. The Bertz CT molecular complexity index is 779. The molecule has 0 spiro atoms. The topological polar surface area (TPSA) is 55.7 Å². The van der Waals surface area contributed by atoms with Gasteiger partial charge in [-0.15, -0.1) is 0 Å². The fourth-order valence-electron chi connectivity index (χ4n) is 2.14. The van der Waals surface area contributed by atoms with Crippen LogP contribution >= 0.6 is 12.2 Å². The number of nitrogens with zero attached hydrogens (tertiary/aromatic N) is 3. The van der Waals surface area contributed by atoms with E-state index in [4.69, 9.17) is 17.0 Å². The van der Waals surface area contributed by atoms with Gasteiger partial charge in [-0.25, -0.2) is 4.98 Å². The summed E-state index contributed by atoms with van der Waals surface area (Å²) in [5.41, 5.74) is 3.90. The Morgan fingerprint density at radius 2 is 2.10 bits per heavy atom. The molecule has 0 unspecified atom stereocenters. The number of methoxy groups -OCH3 is 1. The molecule has 0 fully saturated rings. The summed E-state index contributed by atoms with van der Waals surface area (Å²) in [7, 11) is 1.67. The first-order valence-electron chi connectivity index (χ1n) is 6.27. The van der Waals surface area contributed by atoms with E-state index in [0.29, 0.717) is 17.9 Å². The highest BCUT2D eigenvalue weighted by molar-refractivity contribution is 7.71. The number of rotatable bonds is 4. The molecule has 102 valence electrons. The molecule has 3 heterocycles. The molecule has 20 heavy (non-hydrogen) atoms. The number of imidazole rings is 1. The van der Waals surface area contributed by atoms with Crippen molar-refractivity contribution < 1.29 is 4.74 Å². The van der Waals surface area contributed by atoms with Crippen LogP contribution in [0.1, 0.15) is 0 Å². The number of pyridine rings is 2. The molecule has 0 saturated carbocycles. The molecular weight excluding hydrogens is 272 g/mol. The molecule has 0 aliphatic rings. The third-order valence-corrected chi connectivity index (χ3v) is 3.46. The van der Waals surface area contributed by atoms with Crippen LogP contribution in [0.3, 0.4) is 0 Å². The molecular formula is C14H14N4OS. The van der Waals surface area contributed by atoms with Gasteiger partial charge in [-0.3, -0.25) is 9.55 Å². The number of aromatic nitrogens is 4. The molecule has 0 amide bonds. The highest BCUT2D eigenvalue weighted by atomic mass is 32.1. The van der Waals surface area contributed by atoms with Crippen LogP contribution in [0.25, 0.3) is 22.3 Å². The van der Waals surface area contributed by atoms with Gasteiger partial charge in [0.1, 0.15) is 0 Å². The van der Waals surface area contributed by atoms with E-state index >= 15 is 0 Å². The Kier molecular flexibility index (Phi) is 3.58. The van der Waals surface area contributed by atoms with Crippen molar-refractivity contribution in [3.05, 3.63) is 41.6 Å². The summed E-state index contributed by atoms with van der Waals surface area (Å²) >= 11 is 5.33. The lowest BCUT2D eigenvalue weighted by atomic mass is 10.1. The number of nitrogens with one attached hydrogen (secondary N) is 1. The van der Waals surface area contributed by atoms with Crippen molar-refractivity contribution in [2.45, 2.75) is 6.54 Å². The van der Waals surface area contributed by atoms with E-state index in [1.807, 2.05) is 22.9 Å². The fraction of sp³-hybridized carbons (Fsp3) is 0.214. The SMILES string of the molecule is COCCn1c(=S)[nH]c2cc(-c3ccncc3)cnc21. The quantitative estimate of drug-likeness (QED) is 0.749. The zero-order valence-electron chi connectivity index (χ0n) is 11.0. The minimum Gasteiger partial charge on any atom is -0.383 e. The third kappa shape index (κ3) is 2.35. The molecule has 0 aliphatic heterocycles. The van der Waals surface area contributed by atoms with E-state index in [-0.39, 0.29) is 0 Å². The standard InChI is InChI=1S/C14H14N4OS/c1-19-7-6-18-13-12(17-14(18)20)8-11(9-16-13)10-2-4-15-5-3-10/h2-5,8-9H,6-7H2,1H3,(H,17,20). The minimum atomic E-state index is 0.606. The van der Waals surface area contributed by atoms with E-state index < -0.39 is 0 Å². The molecule has 6 heteroatoms. The number of fused-ring (bicyclic) bond motifs is 1. The average molecular weight is 286 g/mol. The second-order valence-electron chi connectivity index (χ2n) is 4.41. The van der Waals surface area contributed by atoms with Crippen LogP contribution in [-0.4, -0.2) is 33.2 Å². The van der Waals surface area contributed by atoms with Crippen molar-refractivity contribution in [1.82, 2.24) is 19.5 Å². The van der Waals surface area contributed by atoms with E-state index in [9.17, 15) is 0 Å². The van der Waals surface area contributed by atoms with Crippen molar-refractivity contribution >= 4 is 23.4 Å². The van der Waals surface area contributed by atoms with E-state index in [0.717, 1.165) is 22.3 Å². The summed E-state index contributed by atoms with van der Waals surface area (Å²) < 4.78 is 7.71. The van der Waals surface area contributed by atoms with E-state index in [1.165, 1.54) is 0 Å². The molecule has 0 radical (unpaired) electrons. The summed E-state index contributed by atoms with van der Waals surface area (Å²) in [4.78, 5) is 11.7. The molecule has 0 saturated heterocycles. The van der Waals surface area contributed by atoms with Gasteiger partial charge in [0, 0.05) is 31.3 Å². The number of aromatic amines is 1. The minimum absolute atomic E-state index is 0.606. The summed E-state index contributed by atoms with van der Waals surface area (Å²) in [6, 6.07) is 5.97. The number of hydrogen-bond acceptors (Lipinski definition) is 4. The third-order valence-electron chi connectivity index (χ3n) is 3.14. The van der Waals surface area contributed by atoms with Crippen LogP contribution in [-0.2, 0) is 11.3 Å². The van der Waals surface area contributed by atoms with E-state index in [2.05, 4.69) is 21.0 Å². The Morgan fingerprint density at radius 3 is 2.85 bits per heavy atom. The second kappa shape index (κ2) is 5.52. The Labute approximate surface area is 121 Å². The summed E-state index contributed by atoms with van der Waals surface area (Å²) in [5, 5.41) is 0. The van der Waals surface area contributed by atoms with Gasteiger partial charge in [-0.1, -0.05) is 0 Å². The number of hydrogen-bond donors (Lipinski definition) is 1. The maximum absolute atomic E-state index is 5.33. The first-order chi connectivity index (χ1) is 9.79. The number of ether oxygens (including phenoxy) is 1. The Balaban J connectivity index is 2.07. The van der Waals surface area contributed by atoms with Crippen LogP contribution in [0.15, 0.2) is 36.8 Å². The van der Waals surface area contributed by atoms with Crippen LogP contribution in [0.4, 0.5) is 0 Å². The molecule has 0 aromatic carbocycles.